The molecule has 3 heterocycles. The lowest BCUT2D eigenvalue weighted by Gasteiger charge is -2.19. The number of benzene rings is 1. The first-order valence-corrected chi connectivity index (χ1v) is 11.4. The molecule has 1 atom stereocenters. The second-order valence-corrected chi connectivity index (χ2v) is 9.11. The molecule has 172 valence electrons. The third-order valence-electron chi connectivity index (χ3n) is 5.31. The number of hydrogen-bond donors (Lipinski definition) is 0. The van der Waals surface area contributed by atoms with Crippen molar-refractivity contribution in [3.8, 4) is 11.3 Å². The number of rotatable bonds is 6. The summed E-state index contributed by atoms with van der Waals surface area (Å²) in [7, 11) is 0. The number of hydrogen-bond acceptors (Lipinski definition) is 5. The van der Waals surface area contributed by atoms with Gasteiger partial charge in [-0.3, -0.25) is 9.59 Å². The predicted molar refractivity (Wildman–Crippen MR) is 117 cm³/mol. The molecule has 6 nitrogen and oxygen atoms in total. The molecule has 0 radical (unpaired) electrons. The number of pyridine rings is 2. The number of Topliss-reactive ketones (excluding diaryl/α,β-unsaturated/α-hetero) is 1. The molecule has 1 fully saturated rings. The molecule has 0 spiro atoms. The minimum Gasteiger partial charge on any atom is -0.593 e. The van der Waals surface area contributed by atoms with Gasteiger partial charge in [0.25, 0.3) is 5.56 Å². The average molecular weight is 475 g/mol. The van der Waals surface area contributed by atoms with Gasteiger partial charge in [-0.2, -0.15) is 13.2 Å². The number of aromatic nitrogens is 2. The molecule has 1 saturated heterocycles. The van der Waals surface area contributed by atoms with Gasteiger partial charge in [-0.05, 0) is 25.0 Å². The molecule has 10 heteroatoms. The Morgan fingerprint density at radius 1 is 1.03 bits per heavy atom. The lowest BCUT2D eigenvalue weighted by atomic mass is 10.1. The number of nitrogens with zero attached hydrogens (tertiary/aromatic N) is 3. The fourth-order valence-corrected chi connectivity index (χ4v) is 4.86. The zero-order valence-corrected chi connectivity index (χ0v) is 18.2. The van der Waals surface area contributed by atoms with Crippen LogP contribution in [0.2, 0.25) is 0 Å². The Morgan fingerprint density at radius 2 is 1.73 bits per heavy atom. The summed E-state index contributed by atoms with van der Waals surface area (Å²) in [4.78, 5) is 29.1. The van der Waals surface area contributed by atoms with E-state index in [-0.39, 0.29) is 18.0 Å². The maximum absolute atomic E-state index is 12.9. The van der Waals surface area contributed by atoms with Crippen molar-refractivity contribution in [3.63, 3.8) is 0 Å². The van der Waals surface area contributed by atoms with Crippen molar-refractivity contribution < 1.29 is 22.5 Å². The van der Waals surface area contributed by atoms with Gasteiger partial charge in [0.05, 0.1) is 29.8 Å². The van der Waals surface area contributed by atoms with E-state index in [2.05, 4.69) is 4.98 Å². The van der Waals surface area contributed by atoms with Crippen LogP contribution < -0.4 is 5.56 Å². The van der Waals surface area contributed by atoms with E-state index in [1.807, 2.05) is 4.31 Å². The Bertz CT molecular complexity index is 1210. The van der Waals surface area contributed by atoms with Crippen molar-refractivity contribution in [2.75, 3.05) is 13.1 Å². The maximum Gasteiger partial charge on any atom is 0.433 e. The SMILES string of the molecule is O=C(Cn1cc([S+]([O-])N2CCCC2)ccc1=O)c1ccc(-c2cccc(C(F)(F)F)n2)cc1. The summed E-state index contributed by atoms with van der Waals surface area (Å²) in [6.07, 6.45) is -1.17. The smallest absolute Gasteiger partial charge is 0.433 e. The number of ketones is 1. The summed E-state index contributed by atoms with van der Waals surface area (Å²) >= 11 is -1.39. The fraction of sp³-hybridized carbons (Fsp3) is 0.261. The molecular formula is C23H20F3N3O3S. The third kappa shape index (κ3) is 5.35. The van der Waals surface area contributed by atoms with Gasteiger partial charge in [-0.15, -0.1) is 4.31 Å². The van der Waals surface area contributed by atoms with E-state index in [0.29, 0.717) is 16.0 Å². The Morgan fingerprint density at radius 3 is 2.39 bits per heavy atom. The fourth-order valence-electron chi connectivity index (χ4n) is 3.57. The van der Waals surface area contributed by atoms with Crippen molar-refractivity contribution >= 4 is 17.1 Å². The normalized spacial score (nSPS) is 15.5. The molecule has 0 bridgehead atoms. The van der Waals surface area contributed by atoms with Gasteiger partial charge in [0.2, 0.25) is 0 Å². The van der Waals surface area contributed by atoms with Crippen molar-refractivity contribution in [3.05, 3.63) is 82.4 Å². The number of carbonyl (C=O) groups excluding carboxylic acids is 1. The first-order chi connectivity index (χ1) is 15.7. The molecule has 2 aromatic heterocycles. The monoisotopic (exact) mass is 475 g/mol. The summed E-state index contributed by atoms with van der Waals surface area (Å²) in [5.74, 6) is -0.357. The highest BCUT2D eigenvalue weighted by molar-refractivity contribution is 7.89. The van der Waals surface area contributed by atoms with Gasteiger partial charge in [0.15, 0.2) is 10.7 Å². The molecule has 0 aliphatic carbocycles. The van der Waals surface area contributed by atoms with Crippen LogP contribution in [-0.4, -0.2) is 37.3 Å². The molecule has 1 aliphatic rings. The quantitative estimate of drug-likeness (QED) is 0.399. The molecule has 0 N–H and O–H groups in total. The highest BCUT2D eigenvalue weighted by Gasteiger charge is 2.32. The molecule has 1 aliphatic heterocycles. The lowest BCUT2D eigenvalue weighted by Crippen LogP contribution is -2.30. The van der Waals surface area contributed by atoms with E-state index in [0.717, 1.165) is 32.0 Å². The van der Waals surface area contributed by atoms with Crippen molar-refractivity contribution in [1.29, 1.82) is 0 Å². The molecule has 0 amide bonds. The van der Waals surface area contributed by atoms with Crippen LogP contribution in [0.1, 0.15) is 28.9 Å². The third-order valence-corrected chi connectivity index (χ3v) is 6.79. The number of alkyl halides is 3. The van der Waals surface area contributed by atoms with Crippen LogP contribution in [0.15, 0.2) is 70.5 Å². The van der Waals surface area contributed by atoms with E-state index in [9.17, 15) is 27.3 Å². The van der Waals surface area contributed by atoms with Crippen LogP contribution in [0.5, 0.6) is 0 Å². The van der Waals surface area contributed by atoms with Gasteiger partial charge in [-0.1, -0.05) is 30.3 Å². The topological polar surface area (TPSA) is 78.3 Å². The van der Waals surface area contributed by atoms with E-state index in [4.69, 9.17) is 0 Å². The second kappa shape index (κ2) is 9.50. The van der Waals surface area contributed by atoms with Gasteiger partial charge >= 0.3 is 6.18 Å². The summed E-state index contributed by atoms with van der Waals surface area (Å²) in [6, 6.07) is 12.4. The van der Waals surface area contributed by atoms with Crippen LogP contribution >= 0.6 is 0 Å². The molecule has 33 heavy (non-hydrogen) atoms. The summed E-state index contributed by atoms with van der Waals surface area (Å²) < 4.78 is 54.4. The van der Waals surface area contributed by atoms with Gasteiger partial charge in [0, 0.05) is 36.3 Å². The van der Waals surface area contributed by atoms with Crippen LogP contribution in [0.25, 0.3) is 11.3 Å². The Balaban J connectivity index is 1.50. The predicted octanol–water partition coefficient (Wildman–Crippen LogP) is 3.93. The second-order valence-electron chi connectivity index (χ2n) is 7.62. The van der Waals surface area contributed by atoms with Crippen molar-refractivity contribution in [1.82, 2.24) is 13.9 Å². The molecule has 1 aromatic carbocycles. The standard InChI is InChI=1S/C23H20F3N3O3S/c24-23(25,26)21-5-3-4-19(27-21)16-6-8-17(9-7-16)20(30)15-28-14-18(10-11-22(28)31)33(32)29-12-1-2-13-29/h3-11,14H,1-2,12-13,15H2. The Hall–Kier alpha value is -2.95. The van der Waals surface area contributed by atoms with E-state index in [1.54, 1.807) is 0 Å². The average Bonchev–Trinajstić information content (AvgIpc) is 3.35. The highest BCUT2D eigenvalue weighted by atomic mass is 32.2. The summed E-state index contributed by atoms with van der Waals surface area (Å²) in [6.45, 7) is 1.19. The molecule has 4 rings (SSSR count). The Labute approximate surface area is 191 Å². The lowest BCUT2D eigenvalue weighted by molar-refractivity contribution is -0.141. The zero-order chi connectivity index (χ0) is 23.6. The largest absolute Gasteiger partial charge is 0.593 e. The number of halogens is 3. The van der Waals surface area contributed by atoms with E-state index >= 15 is 0 Å². The van der Waals surface area contributed by atoms with Crippen LogP contribution in [0, 0.1) is 0 Å². The van der Waals surface area contributed by atoms with E-state index < -0.39 is 28.8 Å². The van der Waals surface area contributed by atoms with E-state index in [1.165, 1.54) is 59.3 Å². The first-order valence-electron chi connectivity index (χ1n) is 10.3. The maximum atomic E-state index is 12.9. The van der Waals surface area contributed by atoms with Gasteiger partial charge in [0.1, 0.15) is 5.69 Å². The minimum atomic E-state index is -4.55. The van der Waals surface area contributed by atoms with Crippen LogP contribution in [-0.2, 0) is 24.1 Å². The van der Waals surface area contributed by atoms with Crippen molar-refractivity contribution in [2.24, 2.45) is 0 Å². The molecule has 1 unspecified atom stereocenters. The summed E-state index contributed by atoms with van der Waals surface area (Å²) in [5, 5.41) is 0. The molecule has 0 saturated carbocycles. The molecular weight excluding hydrogens is 455 g/mol. The van der Waals surface area contributed by atoms with Gasteiger partial charge < -0.3 is 9.12 Å². The number of carbonyl (C=O) groups is 1. The van der Waals surface area contributed by atoms with Crippen molar-refractivity contribution in [2.45, 2.75) is 30.5 Å². The van der Waals surface area contributed by atoms with Crippen LogP contribution in [0.3, 0.4) is 0 Å². The summed E-state index contributed by atoms with van der Waals surface area (Å²) in [5.41, 5.74) is -0.528. The Kier molecular flexibility index (Phi) is 6.68. The van der Waals surface area contributed by atoms with Gasteiger partial charge in [-0.25, -0.2) is 4.98 Å². The first kappa shape index (κ1) is 23.2. The molecule has 3 aromatic rings. The zero-order valence-electron chi connectivity index (χ0n) is 17.4. The highest BCUT2D eigenvalue weighted by Crippen LogP contribution is 2.29. The minimum absolute atomic E-state index is 0.136. The van der Waals surface area contributed by atoms with Crippen LogP contribution in [0.4, 0.5) is 13.2 Å².